The van der Waals surface area contributed by atoms with Crippen molar-refractivity contribution in [1.82, 2.24) is 5.32 Å². The van der Waals surface area contributed by atoms with E-state index in [2.05, 4.69) is 5.32 Å². The maximum atomic E-state index is 12.3. The zero-order chi connectivity index (χ0) is 15.8. The van der Waals surface area contributed by atoms with Crippen molar-refractivity contribution in [2.45, 2.75) is 49.3 Å². The first-order valence-corrected chi connectivity index (χ1v) is 9.79. The first kappa shape index (κ1) is 15.8. The smallest absolute Gasteiger partial charge is 0.235 e. The van der Waals surface area contributed by atoms with E-state index < -0.39 is 27.0 Å². The van der Waals surface area contributed by atoms with E-state index in [0.717, 1.165) is 31.2 Å². The summed E-state index contributed by atoms with van der Waals surface area (Å²) in [5.41, 5.74) is 0.527. The Bertz CT molecular complexity index is 676. The monoisotopic (exact) mass is 341 g/mol. The van der Waals surface area contributed by atoms with E-state index in [0.29, 0.717) is 17.9 Å². The van der Waals surface area contributed by atoms with Gasteiger partial charge in [-0.3, -0.25) is 4.79 Å². The van der Waals surface area contributed by atoms with Crippen LogP contribution in [0.4, 0.5) is 0 Å². The summed E-state index contributed by atoms with van der Waals surface area (Å²) >= 11 is 6.00. The molecule has 0 radical (unpaired) electrons. The summed E-state index contributed by atoms with van der Waals surface area (Å²) in [5.74, 6) is -0.802. The van der Waals surface area contributed by atoms with Crippen LogP contribution in [0.15, 0.2) is 24.3 Å². The fourth-order valence-corrected chi connectivity index (χ4v) is 5.16. The van der Waals surface area contributed by atoms with Crippen LogP contribution in [0.25, 0.3) is 0 Å². The number of sulfone groups is 1. The molecule has 0 heterocycles. The Kier molecular flexibility index (Phi) is 4.21. The minimum atomic E-state index is -3.33. The highest BCUT2D eigenvalue weighted by Gasteiger charge is 2.46. The van der Waals surface area contributed by atoms with Crippen molar-refractivity contribution in [2.75, 3.05) is 5.75 Å². The van der Waals surface area contributed by atoms with Gasteiger partial charge in [-0.2, -0.15) is 0 Å². The lowest BCUT2D eigenvalue weighted by Crippen LogP contribution is -2.40. The summed E-state index contributed by atoms with van der Waals surface area (Å²) < 4.78 is 24.5. The molecule has 1 aromatic carbocycles. The molecule has 0 bridgehead atoms. The number of carbonyl (C=O) groups is 1. The lowest BCUT2D eigenvalue weighted by atomic mass is 10.1. The van der Waals surface area contributed by atoms with Gasteiger partial charge in [-0.1, -0.05) is 36.6 Å². The Balaban J connectivity index is 1.67. The van der Waals surface area contributed by atoms with Crippen LogP contribution < -0.4 is 5.32 Å². The van der Waals surface area contributed by atoms with Gasteiger partial charge in [-0.25, -0.2) is 8.42 Å². The van der Waals surface area contributed by atoms with Gasteiger partial charge < -0.3 is 5.32 Å². The van der Waals surface area contributed by atoms with Crippen molar-refractivity contribution < 1.29 is 13.2 Å². The Hall–Kier alpha value is -1.07. The van der Waals surface area contributed by atoms with Gasteiger partial charge in [0.1, 0.15) is 5.75 Å². The molecule has 2 aliphatic carbocycles. The van der Waals surface area contributed by atoms with E-state index in [1.165, 1.54) is 0 Å². The zero-order valence-corrected chi connectivity index (χ0v) is 13.9. The number of halogens is 1. The van der Waals surface area contributed by atoms with Gasteiger partial charge in [0.25, 0.3) is 0 Å². The van der Waals surface area contributed by atoms with E-state index in [1.807, 2.05) is 18.2 Å². The van der Waals surface area contributed by atoms with Crippen molar-refractivity contribution in [2.24, 2.45) is 0 Å². The van der Waals surface area contributed by atoms with Crippen LogP contribution in [0.1, 0.15) is 44.1 Å². The molecule has 2 fully saturated rings. The zero-order valence-electron chi connectivity index (χ0n) is 12.3. The van der Waals surface area contributed by atoms with E-state index >= 15 is 0 Å². The second-order valence-corrected chi connectivity index (χ2v) is 9.07. The number of nitrogens with one attached hydrogen (secondary N) is 1. The molecule has 3 rings (SSSR count). The number of rotatable bonds is 5. The van der Waals surface area contributed by atoms with E-state index in [1.54, 1.807) is 6.07 Å². The molecular weight excluding hydrogens is 322 g/mol. The summed E-state index contributed by atoms with van der Waals surface area (Å²) in [7, 11) is -3.33. The predicted molar refractivity (Wildman–Crippen MR) is 86.5 cm³/mol. The fraction of sp³-hybridized carbons (Fsp3) is 0.562. The first-order valence-electron chi connectivity index (χ1n) is 7.70. The third-order valence-corrected chi connectivity index (χ3v) is 7.04. The van der Waals surface area contributed by atoms with Crippen LogP contribution in [0, 0.1) is 0 Å². The molecule has 2 aliphatic rings. The molecule has 2 saturated carbocycles. The molecule has 0 atom stereocenters. The average molecular weight is 342 g/mol. The molecular formula is C16H20ClNO3S. The SMILES string of the molecule is O=C(CS(=O)(=O)C1CCCC1)NC1(c2cccc(Cl)c2)CC1. The topological polar surface area (TPSA) is 63.2 Å². The quantitative estimate of drug-likeness (QED) is 0.895. The molecule has 0 aromatic heterocycles. The number of benzene rings is 1. The fourth-order valence-electron chi connectivity index (χ4n) is 3.25. The van der Waals surface area contributed by atoms with Gasteiger partial charge in [-0.05, 0) is 43.4 Å². The summed E-state index contributed by atoms with van der Waals surface area (Å²) in [6.45, 7) is 0. The van der Waals surface area contributed by atoms with Crippen LogP contribution in [0.2, 0.25) is 5.02 Å². The molecule has 1 N–H and O–H groups in total. The second-order valence-electron chi connectivity index (χ2n) is 6.35. The molecule has 0 spiro atoms. The summed E-state index contributed by atoms with van der Waals surface area (Å²) in [6.07, 6.45) is 4.91. The molecule has 6 heteroatoms. The highest BCUT2D eigenvalue weighted by molar-refractivity contribution is 7.92. The van der Waals surface area contributed by atoms with Crippen LogP contribution >= 0.6 is 11.6 Å². The van der Waals surface area contributed by atoms with Crippen molar-refractivity contribution in [3.63, 3.8) is 0 Å². The Morgan fingerprint density at radius 2 is 1.95 bits per heavy atom. The summed E-state index contributed by atoms with van der Waals surface area (Å²) in [4.78, 5) is 12.2. The number of carbonyl (C=O) groups excluding carboxylic acids is 1. The van der Waals surface area contributed by atoms with Gasteiger partial charge >= 0.3 is 0 Å². The van der Waals surface area contributed by atoms with Crippen LogP contribution in [0.3, 0.4) is 0 Å². The normalized spacial score (nSPS) is 20.8. The minimum absolute atomic E-state index is 0.334. The van der Waals surface area contributed by atoms with Gasteiger partial charge in [0.05, 0.1) is 10.8 Å². The maximum absolute atomic E-state index is 12.3. The molecule has 0 saturated heterocycles. The minimum Gasteiger partial charge on any atom is -0.346 e. The van der Waals surface area contributed by atoms with Crippen LogP contribution in [-0.2, 0) is 20.2 Å². The molecule has 120 valence electrons. The molecule has 22 heavy (non-hydrogen) atoms. The highest BCUT2D eigenvalue weighted by Crippen LogP contribution is 2.46. The molecule has 1 aromatic rings. The predicted octanol–water partition coefficient (Wildman–Crippen LogP) is 2.80. The molecule has 0 aliphatic heterocycles. The van der Waals surface area contributed by atoms with Crippen LogP contribution in [0.5, 0.6) is 0 Å². The summed E-state index contributed by atoms with van der Waals surface area (Å²) in [6, 6.07) is 7.39. The Morgan fingerprint density at radius 3 is 2.55 bits per heavy atom. The maximum Gasteiger partial charge on any atom is 0.235 e. The number of amides is 1. The first-order chi connectivity index (χ1) is 10.4. The van der Waals surface area contributed by atoms with Crippen molar-refractivity contribution >= 4 is 27.3 Å². The summed E-state index contributed by atoms with van der Waals surface area (Å²) in [5, 5.41) is 3.20. The number of hydrogen-bond donors (Lipinski definition) is 1. The van der Waals surface area contributed by atoms with Gasteiger partial charge in [0, 0.05) is 5.02 Å². The highest BCUT2D eigenvalue weighted by atomic mass is 35.5. The van der Waals surface area contributed by atoms with Crippen molar-refractivity contribution in [3.05, 3.63) is 34.9 Å². The largest absolute Gasteiger partial charge is 0.346 e. The molecule has 0 unspecified atom stereocenters. The van der Waals surface area contributed by atoms with E-state index in [-0.39, 0.29) is 5.25 Å². The van der Waals surface area contributed by atoms with E-state index in [4.69, 9.17) is 11.6 Å². The van der Waals surface area contributed by atoms with Gasteiger partial charge in [-0.15, -0.1) is 0 Å². The van der Waals surface area contributed by atoms with Crippen molar-refractivity contribution in [1.29, 1.82) is 0 Å². The van der Waals surface area contributed by atoms with E-state index in [9.17, 15) is 13.2 Å². The van der Waals surface area contributed by atoms with Crippen LogP contribution in [-0.4, -0.2) is 25.3 Å². The average Bonchev–Trinajstić information content (AvgIpc) is 3.01. The Labute approximate surface area is 136 Å². The second kappa shape index (κ2) is 5.85. The standard InChI is InChI=1S/C16H20ClNO3S/c17-13-5-3-4-12(10-13)16(8-9-16)18-15(19)11-22(20,21)14-6-1-2-7-14/h3-5,10,14H,1-2,6-9,11H2,(H,18,19). The Morgan fingerprint density at radius 1 is 1.27 bits per heavy atom. The van der Waals surface area contributed by atoms with Gasteiger partial charge in [0.15, 0.2) is 9.84 Å². The van der Waals surface area contributed by atoms with Crippen molar-refractivity contribution in [3.8, 4) is 0 Å². The third-order valence-electron chi connectivity index (χ3n) is 4.65. The lowest BCUT2D eigenvalue weighted by molar-refractivity contribution is -0.119. The number of hydrogen-bond acceptors (Lipinski definition) is 3. The molecule has 1 amide bonds. The van der Waals surface area contributed by atoms with Gasteiger partial charge in [0.2, 0.25) is 5.91 Å². The lowest BCUT2D eigenvalue weighted by Gasteiger charge is -2.19. The molecule has 4 nitrogen and oxygen atoms in total. The third kappa shape index (κ3) is 3.30.